The van der Waals surface area contributed by atoms with Gasteiger partial charge in [-0.15, -0.1) is 0 Å². The van der Waals surface area contributed by atoms with Gasteiger partial charge in [-0.3, -0.25) is 39.1 Å². The molecule has 0 amide bonds. The summed E-state index contributed by atoms with van der Waals surface area (Å²) in [6.07, 6.45) is 6.79. The van der Waals surface area contributed by atoms with Crippen molar-refractivity contribution in [1.29, 1.82) is 0 Å². The highest BCUT2D eigenvalue weighted by atomic mass is 35.5. The quantitative estimate of drug-likeness (QED) is 0.169. The van der Waals surface area contributed by atoms with Gasteiger partial charge in [0.05, 0.1) is 22.1 Å². The molecule has 0 atom stereocenters. The average molecular weight is 678 g/mol. The van der Waals surface area contributed by atoms with Crippen molar-refractivity contribution in [1.82, 2.24) is 19.9 Å². The molecule has 2 aromatic heterocycles. The number of aliphatic hydroxyl groups is 4. The first-order valence-corrected chi connectivity index (χ1v) is 13.2. The summed E-state index contributed by atoms with van der Waals surface area (Å²) >= 11 is 20.7. The van der Waals surface area contributed by atoms with Crippen molar-refractivity contribution in [2.45, 2.75) is 0 Å². The smallest absolute Gasteiger partial charge is 0.244 e. The number of rotatable bonds is 0. The predicted molar refractivity (Wildman–Crippen MR) is 161 cm³/mol. The van der Waals surface area contributed by atoms with Gasteiger partial charge < -0.3 is 20.4 Å². The van der Waals surface area contributed by atoms with Crippen molar-refractivity contribution in [2.24, 2.45) is 0 Å². The van der Waals surface area contributed by atoms with Crippen LogP contribution in [0.15, 0.2) is 116 Å². The molecule has 0 unspecified atom stereocenters. The third-order valence-electron chi connectivity index (χ3n) is 5.24. The first-order chi connectivity index (χ1) is 20.9. The molecule has 0 saturated heterocycles. The van der Waals surface area contributed by atoms with Crippen molar-refractivity contribution < 1.29 is 39.6 Å². The number of benzene rings is 2. The van der Waals surface area contributed by atoms with Gasteiger partial charge >= 0.3 is 0 Å². The minimum absolute atomic E-state index is 0.720. The van der Waals surface area contributed by atoms with E-state index in [0.717, 1.165) is 22.1 Å². The second-order valence-corrected chi connectivity index (χ2v) is 9.57. The van der Waals surface area contributed by atoms with Gasteiger partial charge in [0.25, 0.3) is 0 Å². The van der Waals surface area contributed by atoms with E-state index in [4.69, 9.17) is 66.8 Å². The van der Waals surface area contributed by atoms with E-state index in [1.165, 1.54) is 0 Å². The van der Waals surface area contributed by atoms with E-state index in [1.807, 2.05) is 48.5 Å². The number of aliphatic hydroxyl groups excluding tert-OH is 4. The molecule has 0 aliphatic heterocycles. The average Bonchev–Trinajstić information content (AvgIpc) is 3.07. The molecule has 2 aliphatic rings. The minimum Gasteiger partial charge on any atom is -0.503 e. The second kappa shape index (κ2) is 15.0. The third kappa shape index (κ3) is 7.74. The molecular weight excluding hydrogens is 662 g/mol. The summed E-state index contributed by atoms with van der Waals surface area (Å²) in [5.41, 5.74) is 3.80. The number of halogens is 4. The zero-order valence-corrected chi connectivity index (χ0v) is 24.7. The monoisotopic (exact) mass is 676 g/mol. The van der Waals surface area contributed by atoms with Crippen molar-refractivity contribution >= 4 is 91.6 Å². The van der Waals surface area contributed by atoms with E-state index >= 15 is 0 Å². The number of ketones is 4. The van der Waals surface area contributed by atoms with Crippen molar-refractivity contribution in [2.75, 3.05) is 0 Å². The zero-order valence-electron chi connectivity index (χ0n) is 21.7. The number of nitrogens with zero attached hydrogens (tertiary/aromatic N) is 4. The van der Waals surface area contributed by atoms with E-state index in [9.17, 15) is 19.2 Å². The van der Waals surface area contributed by atoms with E-state index < -0.39 is 66.3 Å². The van der Waals surface area contributed by atoms with Crippen molar-refractivity contribution in [3.63, 3.8) is 0 Å². The number of carbonyl (C=O) groups excluding carboxylic acids is 4. The van der Waals surface area contributed by atoms with Crippen LogP contribution in [0.4, 0.5) is 0 Å². The molecule has 0 radical (unpaired) electrons. The minimum atomic E-state index is -1.06. The molecule has 0 spiro atoms. The highest BCUT2D eigenvalue weighted by Gasteiger charge is 2.34. The summed E-state index contributed by atoms with van der Waals surface area (Å²) in [7, 11) is 0. The Morgan fingerprint density at radius 1 is 0.386 bits per heavy atom. The Labute approximate surface area is 266 Å². The fourth-order valence-corrected chi connectivity index (χ4v) is 3.77. The number of hydrogen-bond acceptors (Lipinski definition) is 12. The van der Waals surface area contributed by atoms with Gasteiger partial charge in [0, 0.05) is 24.8 Å². The molecule has 12 nitrogen and oxygen atoms in total. The molecular formula is C28H16Cl4N4O8. The molecule has 4 N–H and O–H groups in total. The fraction of sp³-hybridized carbons (Fsp3) is 0. The van der Waals surface area contributed by atoms with Gasteiger partial charge in [0.2, 0.25) is 23.1 Å². The number of hydrogen-bond donors (Lipinski definition) is 4. The van der Waals surface area contributed by atoms with Crippen LogP contribution in [0.5, 0.6) is 0 Å². The van der Waals surface area contributed by atoms with Crippen molar-refractivity contribution in [3.8, 4) is 0 Å². The van der Waals surface area contributed by atoms with Gasteiger partial charge in [-0.25, -0.2) is 0 Å². The topological polar surface area (TPSA) is 201 Å². The Morgan fingerprint density at radius 2 is 0.568 bits per heavy atom. The van der Waals surface area contributed by atoms with E-state index in [-0.39, 0.29) is 0 Å². The zero-order chi connectivity index (χ0) is 32.6. The molecule has 0 saturated carbocycles. The molecule has 2 heterocycles. The summed E-state index contributed by atoms with van der Waals surface area (Å²) in [5.74, 6) is -7.99. The lowest BCUT2D eigenvalue weighted by Gasteiger charge is -2.08. The fourth-order valence-electron chi connectivity index (χ4n) is 3.06. The molecule has 6 rings (SSSR count). The maximum absolute atomic E-state index is 10.8. The number of carbonyl (C=O) groups is 4. The lowest BCUT2D eigenvalue weighted by molar-refractivity contribution is -0.119. The van der Waals surface area contributed by atoms with Gasteiger partial charge in [-0.05, 0) is 24.3 Å². The maximum Gasteiger partial charge on any atom is 0.244 e. The Kier molecular flexibility index (Phi) is 11.5. The van der Waals surface area contributed by atoms with Crippen LogP contribution < -0.4 is 0 Å². The Morgan fingerprint density at radius 3 is 0.750 bits per heavy atom. The molecule has 2 aliphatic carbocycles. The number of allylic oxidation sites excluding steroid dienone is 4. The summed E-state index contributed by atoms with van der Waals surface area (Å²) < 4.78 is 0. The molecule has 16 heteroatoms. The molecule has 2 aromatic carbocycles. The normalized spacial score (nSPS) is 15.0. The Hall–Kier alpha value is -4.88. The number of aromatic nitrogens is 4. The first-order valence-electron chi connectivity index (χ1n) is 11.7. The maximum atomic E-state index is 10.8. The summed E-state index contributed by atoms with van der Waals surface area (Å²) in [4.78, 5) is 59.7. The van der Waals surface area contributed by atoms with Crippen LogP contribution in [0.3, 0.4) is 0 Å². The standard InChI is InChI=1S/2C8H6N2.2C6H2Cl2O4/c2*1-2-4-8-7(3-1)9-5-6-10-8;2*7-1-3(9)5(11)2(8)6(12)4(1)10/h2*1-6H;2*9,12H. The Bertz CT molecular complexity index is 1550. The van der Waals surface area contributed by atoms with Gasteiger partial charge in [0.1, 0.15) is 20.1 Å². The van der Waals surface area contributed by atoms with E-state index in [2.05, 4.69) is 19.9 Å². The molecule has 4 aromatic rings. The van der Waals surface area contributed by atoms with Gasteiger partial charge in [-0.2, -0.15) is 0 Å². The first kappa shape index (κ1) is 33.6. The number of Topliss-reactive ketones (excluding diaryl/α,β-unsaturated/α-hetero) is 4. The van der Waals surface area contributed by atoms with Crippen LogP contribution in [-0.4, -0.2) is 63.5 Å². The third-order valence-corrected chi connectivity index (χ3v) is 6.64. The molecule has 224 valence electrons. The lowest BCUT2D eigenvalue weighted by Crippen LogP contribution is -2.19. The highest BCUT2D eigenvalue weighted by Crippen LogP contribution is 2.27. The SMILES string of the molecule is O=C1C(O)=C(Cl)C(=O)C(O)=C1Cl.O=C1C(O)=C(Cl)C(=O)C(O)=C1Cl.c1ccc2nccnc2c1.c1ccc2nccnc2c1. The predicted octanol–water partition coefficient (Wildman–Crippen LogP) is 5.57. The summed E-state index contributed by atoms with van der Waals surface area (Å²) in [6.45, 7) is 0. The molecule has 0 bridgehead atoms. The van der Waals surface area contributed by atoms with E-state index in [1.54, 1.807) is 24.8 Å². The van der Waals surface area contributed by atoms with E-state index in [0.29, 0.717) is 0 Å². The molecule has 0 fully saturated rings. The van der Waals surface area contributed by atoms with Crippen molar-refractivity contribution in [3.05, 3.63) is 116 Å². The number of fused-ring (bicyclic) bond motifs is 2. The van der Waals surface area contributed by atoms with Crippen LogP contribution >= 0.6 is 46.4 Å². The number of para-hydroxylation sites is 4. The second-order valence-electron chi connectivity index (χ2n) is 8.06. The van der Waals surface area contributed by atoms with Crippen LogP contribution in [0.2, 0.25) is 0 Å². The van der Waals surface area contributed by atoms with Crippen LogP contribution in [0, 0.1) is 0 Å². The molecule has 44 heavy (non-hydrogen) atoms. The summed E-state index contributed by atoms with van der Waals surface area (Å²) in [6, 6.07) is 15.6. The van der Waals surface area contributed by atoms with Gasteiger partial charge in [0.15, 0.2) is 23.0 Å². The van der Waals surface area contributed by atoms with Crippen LogP contribution in [-0.2, 0) is 19.2 Å². The largest absolute Gasteiger partial charge is 0.503 e. The lowest BCUT2D eigenvalue weighted by atomic mass is 10.1. The highest BCUT2D eigenvalue weighted by molar-refractivity contribution is 6.56. The van der Waals surface area contributed by atoms with Crippen LogP contribution in [0.25, 0.3) is 22.1 Å². The van der Waals surface area contributed by atoms with Crippen LogP contribution in [0.1, 0.15) is 0 Å². The summed E-state index contributed by atoms with van der Waals surface area (Å²) in [5, 5.41) is 32.5. The van der Waals surface area contributed by atoms with Gasteiger partial charge in [-0.1, -0.05) is 70.7 Å². The Balaban J connectivity index is 0.000000161.